The summed E-state index contributed by atoms with van der Waals surface area (Å²) in [7, 11) is 0. The molecule has 0 radical (unpaired) electrons. The highest BCUT2D eigenvalue weighted by molar-refractivity contribution is 7.27. The van der Waals surface area contributed by atoms with E-state index in [0.29, 0.717) is 11.3 Å². The first-order chi connectivity index (χ1) is 21.7. The van der Waals surface area contributed by atoms with Crippen LogP contribution in [0.5, 0.6) is 0 Å². The number of benzene rings is 6. The average Bonchev–Trinajstić information content (AvgIpc) is 3.75. The molecule has 0 amide bonds. The molecule has 4 nitrogen and oxygen atoms in total. The molecule has 0 saturated carbocycles. The van der Waals surface area contributed by atoms with Crippen LogP contribution in [0, 0.1) is 0 Å². The van der Waals surface area contributed by atoms with Crippen LogP contribution < -0.4 is 0 Å². The maximum Gasteiger partial charge on any atom is 0.223 e. The third-order valence-electron chi connectivity index (χ3n) is 8.74. The van der Waals surface area contributed by atoms with Gasteiger partial charge in [0, 0.05) is 53.0 Å². The maximum atomic E-state index is 6.45. The second-order valence-corrected chi connectivity index (χ2v) is 12.5. The third-order valence-corrected chi connectivity index (χ3v) is 10.1. The Bertz CT molecular complexity index is 2790. The van der Waals surface area contributed by atoms with Crippen LogP contribution in [0.4, 0.5) is 0 Å². The Labute approximate surface area is 259 Å². The molecule has 4 aromatic heterocycles. The van der Waals surface area contributed by atoms with Crippen LogP contribution in [0.15, 0.2) is 126 Å². The number of rotatable bonds is 2. The van der Waals surface area contributed by atoms with Gasteiger partial charge >= 0.3 is 0 Å². The highest BCUT2D eigenvalue weighted by Gasteiger charge is 2.22. The summed E-state index contributed by atoms with van der Waals surface area (Å²) in [5, 5.41) is 8.80. The average molecular weight is 602 g/mol. The van der Waals surface area contributed by atoms with Crippen molar-refractivity contribution in [1.82, 2.24) is 14.5 Å². The fourth-order valence-electron chi connectivity index (χ4n) is 6.91. The molecule has 0 spiro atoms. The van der Waals surface area contributed by atoms with Crippen LogP contribution in [0.2, 0.25) is 5.28 Å². The number of halogens is 1. The van der Waals surface area contributed by atoms with Crippen LogP contribution >= 0.6 is 22.9 Å². The van der Waals surface area contributed by atoms with Crippen LogP contribution in [0.3, 0.4) is 0 Å². The van der Waals surface area contributed by atoms with Crippen molar-refractivity contribution in [2.45, 2.75) is 0 Å². The van der Waals surface area contributed by atoms with E-state index >= 15 is 0 Å². The van der Waals surface area contributed by atoms with E-state index in [1.54, 1.807) is 0 Å². The molecule has 0 bridgehead atoms. The smallest absolute Gasteiger partial charge is 0.223 e. The van der Waals surface area contributed by atoms with Crippen molar-refractivity contribution < 1.29 is 4.42 Å². The SMILES string of the molecule is Clc1nc(-c2ccc(-n3c4ccccc4c4c5ccccc5c5sc6ccccc6c5c43)cc2)c2oc3ccccc3c2n1. The minimum atomic E-state index is 0.198. The van der Waals surface area contributed by atoms with Gasteiger partial charge in [-0.2, -0.15) is 0 Å². The van der Waals surface area contributed by atoms with Gasteiger partial charge in [0.1, 0.15) is 16.8 Å². The molecular weight excluding hydrogens is 582 g/mol. The van der Waals surface area contributed by atoms with Gasteiger partial charge in [0.25, 0.3) is 0 Å². The van der Waals surface area contributed by atoms with Gasteiger partial charge < -0.3 is 8.98 Å². The monoisotopic (exact) mass is 601 g/mol. The predicted molar refractivity (Wildman–Crippen MR) is 184 cm³/mol. The molecule has 0 fully saturated rings. The zero-order valence-electron chi connectivity index (χ0n) is 23.1. The number of furan rings is 1. The van der Waals surface area contributed by atoms with Gasteiger partial charge in [-0.05, 0) is 53.4 Å². The second-order valence-electron chi connectivity index (χ2n) is 11.1. The van der Waals surface area contributed by atoms with E-state index in [-0.39, 0.29) is 5.28 Å². The molecular formula is C38H20ClN3OS. The summed E-state index contributed by atoms with van der Waals surface area (Å²) in [5.41, 5.74) is 7.21. The number of aromatic nitrogens is 3. The van der Waals surface area contributed by atoms with Crippen LogP contribution in [-0.2, 0) is 0 Å². The fraction of sp³-hybridized carbons (Fsp3) is 0. The Hall–Kier alpha value is -5.23. The first kappa shape index (κ1) is 24.2. The van der Waals surface area contributed by atoms with E-state index in [0.717, 1.165) is 27.7 Å². The molecule has 0 aliphatic heterocycles. The van der Waals surface area contributed by atoms with Gasteiger partial charge in [-0.15, -0.1) is 11.3 Å². The van der Waals surface area contributed by atoms with Crippen molar-refractivity contribution in [1.29, 1.82) is 0 Å². The minimum absolute atomic E-state index is 0.198. The van der Waals surface area contributed by atoms with Crippen molar-refractivity contribution in [3.05, 3.63) is 127 Å². The summed E-state index contributed by atoms with van der Waals surface area (Å²) >= 11 is 8.32. The molecule has 10 aromatic rings. The molecule has 6 heteroatoms. The zero-order valence-corrected chi connectivity index (χ0v) is 24.7. The minimum Gasteiger partial charge on any atom is -0.452 e. The number of hydrogen-bond donors (Lipinski definition) is 0. The lowest BCUT2D eigenvalue weighted by atomic mass is 10.00. The fourth-order valence-corrected chi connectivity index (χ4v) is 8.33. The molecule has 10 rings (SSSR count). The van der Waals surface area contributed by atoms with Gasteiger partial charge in [0.15, 0.2) is 5.58 Å². The molecule has 0 saturated heterocycles. The summed E-state index contributed by atoms with van der Waals surface area (Å²) in [6, 6.07) is 42.7. The van der Waals surface area contributed by atoms with Gasteiger partial charge in [-0.1, -0.05) is 84.9 Å². The molecule has 0 aliphatic rings. The number of hydrogen-bond acceptors (Lipinski definition) is 4. The molecule has 0 atom stereocenters. The van der Waals surface area contributed by atoms with Crippen molar-refractivity contribution in [3.8, 4) is 16.9 Å². The number of fused-ring (bicyclic) bond motifs is 13. The van der Waals surface area contributed by atoms with E-state index in [9.17, 15) is 0 Å². The topological polar surface area (TPSA) is 43.9 Å². The third kappa shape index (κ3) is 3.23. The first-order valence-corrected chi connectivity index (χ1v) is 15.6. The summed E-state index contributed by atoms with van der Waals surface area (Å²) in [6.07, 6.45) is 0. The molecule has 6 aromatic carbocycles. The normalized spacial score (nSPS) is 12.2. The first-order valence-electron chi connectivity index (χ1n) is 14.5. The van der Waals surface area contributed by atoms with E-state index in [2.05, 4.69) is 112 Å². The van der Waals surface area contributed by atoms with E-state index in [4.69, 9.17) is 16.0 Å². The lowest BCUT2D eigenvalue weighted by Crippen LogP contribution is -1.95. The van der Waals surface area contributed by atoms with E-state index < -0.39 is 0 Å². The van der Waals surface area contributed by atoms with E-state index in [1.807, 2.05) is 35.6 Å². The number of para-hydroxylation sites is 2. The van der Waals surface area contributed by atoms with Crippen molar-refractivity contribution in [3.63, 3.8) is 0 Å². The van der Waals surface area contributed by atoms with Gasteiger partial charge in [0.2, 0.25) is 5.28 Å². The number of nitrogens with zero attached hydrogens (tertiary/aromatic N) is 3. The molecule has 0 N–H and O–H groups in total. The Morgan fingerprint density at radius 3 is 2.14 bits per heavy atom. The Morgan fingerprint density at radius 2 is 1.30 bits per heavy atom. The lowest BCUT2D eigenvalue weighted by Gasteiger charge is -2.11. The van der Waals surface area contributed by atoms with Crippen molar-refractivity contribution in [2.24, 2.45) is 0 Å². The highest BCUT2D eigenvalue weighted by Crippen LogP contribution is 2.48. The Balaban J connectivity index is 1.29. The molecule has 4 heterocycles. The summed E-state index contributed by atoms with van der Waals surface area (Å²) in [4.78, 5) is 9.12. The summed E-state index contributed by atoms with van der Waals surface area (Å²) in [6.45, 7) is 0. The Morgan fingerprint density at radius 1 is 0.614 bits per heavy atom. The second kappa shape index (κ2) is 8.89. The Kier molecular flexibility index (Phi) is 4.90. The highest BCUT2D eigenvalue weighted by atomic mass is 35.5. The van der Waals surface area contributed by atoms with Gasteiger partial charge in [0.05, 0.1) is 11.0 Å². The zero-order chi connectivity index (χ0) is 28.9. The molecule has 0 unspecified atom stereocenters. The lowest BCUT2D eigenvalue weighted by molar-refractivity contribution is 0.667. The molecule has 0 aliphatic carbocycles. The predicted octanol–water partition coefficient (Wildman–Crippen LogP) is 11.3. The van der Waals surface area contributed by atoms with Crippen LogP contribution in [-0.4, -0.2) is 14.5 Å². The standard InChI is InChI=1S/C38H20ClN3OS/c39-38-40-33(36-34(41-38)26-12-4-7-15-29(26)43-36)21-17-19-22(20-18-21)42-28-14-6-3-11-25(28)31-23-9-1-2-10-24(23)37-32(35(31)42)27-13-5-8-16-30(27)44-37/h1-20H. The van der Waals surface area contributed by atoms with Gasteiger partial charge in [-0.3, -0.25) is 0 Å². The van der Waals surface area contributed by atoms with E-state index in [1.165, 1.54) is 52.8 Å². The summed E-state index contributed by atoms with van der Waals surface area (Å²) in [5.74, 6) is 0. The van der Waals surface area contributed by atoms with Crippen molar-refractivity contribution >= 4 is 97.8 Å². The maximum absolute atomic E-state index is 6.45. The quantitative estimate of drug-likeness (QED) is 0.185. The number of thiophene rings is 1. The van der Waals surface area contributed by atoms with Crippen molar-refractivity contribution in [2.75, 3.05) is 0 Å². The van der Waals surface area contributed by atoms with Crippen LogP contribution in [0.25, 0.3) is 91.8 Å². The largest absolute Gasteiger partial charge is 0.452 e. The summed E-state index contributed by atoms with van der Waals surface area (Å²) < 4.78 is 11.3. The van der Waals surface area contributed by atoms with Gasteiger partial charge in [-0.25, -0.2) is 9.97 Å². The van der Waals surface area contributed by atoms with Crippen LogP contribution in [0.1, 0.15) is 0 Å². The molecule has 206 valence electrons. The molecule has 44 heavy (non-hydrogen) atoms.